The van der Waals surface area contributed by atoms with E-state index in [0.29, 0.717) is 38.7 Å². The van der Waals surface area contributed by atoms with E-state index in [-0.39, 0.29) is 29.9 Å². The summed E-state index contributed by atoms with van der Waals surface area (Å²) in [6.07, 6.45) is 3.25. The van der Waals surface area contributed by atoms with Crippen LogP contribution < -0.4 is 20.3 Å². The molecule has 4 heterocycles. The van der Waals surface area contributed by atoms with Crippen molar-refractivity contribution in [3.05, 3.63) is 105 Å². The lowest BCUT2D eigenvalue weighted by atomic mass is 10.1. The molecule has 0 saturated carbocycles. The summed E-state index contributed by atoms with van der Waals surface area (Å²) in [6, 6.07) is 20.5. The van der Waals surface area contributed by atoms with E-state index in [4.69, 9.17) is 26.7 Å². The Labute approximate surface area is 227 Å². The number of anilines is 1. The number of hydrogen-bond donors (Lipinski definition) is 1. The molecule has 1 saturated heterocycles. The van der Waals surface area contributed by atoms with Crippen molar-refractivity contribution in [3.63, 3.8) is 0 Å². The Morgan fingerprint density at radius 3 is 2.71 bits per heavy atom. The summed E-state index contributed by atoms with van der Waals surface area (Å²) in [7, 11) is 0. The second kappa shape index (κ2) is 9.96. The maximum absolute atomic E-state index is 13.6. The molecule has 2 aliphatic heterocycles. The van der Waals surface area contributed by atoms with Crippen molar-refractivity contribution in [2.75, 3.05) is 12.1 Å². The lowest BCUT2D eigenvalue weighted by Gasteiger charge is -2.23. The van der Waals surface area contributed by atoms with Crippen molar-refractivity contribution in [1.29, 1.82) is 0 Å². The molecule has 0 bridgehead atoms. The number of rotatable bonds is 6. The van der Waals surface area contributed by atoms with Crippen LogP contribution in [0.1, 0.15) is 29.7 Å². The van der Waals surface area contributed by atoms with Gasteiger partial charge in [-0.3, -0.25) is 18.9 Å². The molecule has 0 unspecified atom stereocenters. The number of nitrogens with zero attached hydrogens (tertiary/aromatic N) is 3. The first-order valence-corrected chi connectivity index (χ1v) is 13.2. The van der Waals surface area contributed by atoms with Crippen molar-refractivity contribution in [2.24, 2.45) is 0 Å². The third kappa shape index (κ3) is 4.42. The predicted molar refractivity (Wildman–Crippen MR) is 151 cm³/mol. The molecule has 1 fully saturated rings. The van der Waals surface area contributed by atoms with Crippen LogP contribution in [0.4, 0.5) is 5.82 Å². The van der Waals surface area contributed by atoms with Crippen LogP contribution in [-0.2, 0) is 11.3 Å². The molecule has 4 aromatic rings. The monoisotopic (exact) mass is 542 g/mol. The number of fused-ring (bicyclic) bond motifs is 2. The van der Waals surface area contributed by atoms with Crippen molar-refractivity contribution in [2.45, 2.75) is 19.5 Å². The highest BCUT2D eigenvalue weighted by Gasteiger charge is 2.36. The van der Waals surface area contributed by atoms with Crippen LogP contribution in [0.2, 0.25) is 0 Å². The minimum absolute atomic E-state index is 0.195. The first kappa shape index (κ1) is 24.2. The van der Waals surface area contributed by atoms with Gasteiger partial charge in [0, 0.05) is 12.7 Å². The highest BCUT2D eigenvalue weighted by Crippen LogP contribution is 2.38. The molecule has 2 aliphatic rings. The van der Waals surface area contributed by atoms with Gasteiger partial charge in [0.25, 0.3) is 11.5 Å². The van der Waals surface area contributed by atoms with Gasteiger partial charge in [0.15, 0.2) is 11.5 Å². The Morgan fingerprint density at radius 2 is 1.87 bits per heavy atom. The molecule has 8 nitrogen and oxygen atoms in total. The average Bonchev–Trinajstić information content (AvgIpc) is 3.52. The lowest BCUT2D eigenvalue weighted by Crippen LogP contribution is -2.31. The van der Waals surface area contributed by atoms with Crippen LogP contribution in [-0.4, -0.2) is 31.3 Å². The molecule has 1 atom stereocenters. The number of aromatic nitrogens is 2. The van der Waals surface area contributed by atoms with Gasteiger partial charge in [-0.15, -0.1) is 0 Å². The van der Waals surface area contributed by atoms with E-state index < -0.39 is 0 Å². The maximum Gasteiger partial charge on any atom is 0.267 e. The second-order valence-corrected chi connectivity index (χ2v) is 10.5. The SMILES string of the molecule is C[C@@H](c1ccccc1)N1C(=O)/C(=C/c2c(NCc3ccc4c(c3)OCO4)nc3ccccn3c2=O)SC1=S. The van der Waals surface area contributed by atoms with E-state index in [1.54, 1.807) is 29.3 Å². The largest absolute Gasteiger partial charge is 0.454 e. The first-order chi connectivity index (χ1) is 18.5. The van der Waals surface area contributed by atoms with Crippen LogP contribution in [0, 0.1) is 0 Å². The fraction of sp³-hybridized carbons (Fsp3) is 0.143. The summed E-state index contributed by atoms with van der Waals surface area (Å²) in [5, 5.41) is 3.28. The third-order valence-corrected chi connectivity index (χ3v) is 7.76. The molecule has 38 heavy (non-hydrogen) atoms. The summed E-state index contributed by atoms with van der Waals surface area (Å²) < 4.78 is 12.8. The molecule has 6 rings (SSSR count). The average molecular weight is 543 g/mol. The highest BCUT2D eigenvalue weighted by atomic mass is 32.2. The van der Waals surface area contributed by atoms with Gasteiger partial charge in [0.1, 0.15) is 15.8 Å². The maximum atomic E-state index is 13.6. The Kier molecular flexibility index (Phi) is 6.34. The van der Waals surface area contributed by atoms with E-state index >= 15 is 0 Å². The Balaban J connectivity index is 1.36. The van der Waals surface area contributed by atoms with Crippen molar-refractivity contribution in [1.82, 2.24) is 14.3 Å². The molecular formula is C28H22N4O4S2. The quantitative estimate of drug-likeness (QED) is 0.269. The number of thioether (sulfide) groups is 1. The van der Waals surface area contributed by atoms with Gasteiger partial charge < -0.3 is 14.8 Å². The standard InChI is InChI=1S/C28H22N4O4S2/c1-17(19-7-3-2-4-8-19)32-27(34)23(38-28(32)37)14-20-25(30-24-9-5-6-12-31(24)26(20)33)29-15-18-10-11-21-22(13-18)36-16-35-21/h2-14,17,29H,15-16H2,1H3/b23-14-/t17-/m0/s1. The first-order valence-electron chi connectivity index (χ1n) is 12.0. The molecular weight excluding hydrogens is 520 g/mol. The Hall–Kier alpha value is -4.15. The molecule has 0 spiro atoms. The summed E-state index contributed by atoms with van der Waals surface area (Å²) in [6.45, 7) is 2.52. The van der Waals surface area contributed by atoms with E-state index in [1.165, 1.54) is 16.2 Å². The minimum atomic E-state index is -0.287. The van der Waals surface area contributed by atoms with Crippen LogP contribution in [0.15, 0.2) is 82.6 Å². The number of amides is 1. The van der Waals surface area contributed by atoms with Gasteiger partial charge in [-0.25, -0.2) is 4.98 Å². The fourth-order valence-electron chi connectivity index (χ4n) is 4.43. The Bertz CT molecular complexity index is 1670. The van der Waals surface area contributed by atoms with E-state index in [2.05, 4.69) is 5.32 Å². The van der Waals surface area contributed by atoms with Gasteiger partial charge in [-0.2, -0.15) is 0 Å². The zero-order chi connectivity index (χ0) is 26.2. The third-order valence-electron chi connectivity index (χ3n) is 6.43. The van der Waals surface area contributed by atoms with Crippen LogP contribution in [0.25, 0.3) is 11.7 Å². The van der Waals surface area contributed by atoms with Gasteiger partial charge in [-0.1, -0.05) is 66.4 Å². The van der Waals surface area contributed by atoms with E-state index in [0.717, 1.165) is 11.1 Å². The second-order valence-electron chi connectivity index (χ2n) is 8.79. The summed E-state index contributed by atoms with van der Waals surface area (Å²) >= 11 is 6.76. The summed E-state index contributed by atoms with van der Waals surface area (Å²) in [4.78, 5) is 33.7. The molecule has 2 aromatic heterocycles. The van der Waals surface area contributed by atoms with Gasteiger partial charge in [0.2, 0.25) is 6.79 Å². The molecule has 1 amide bonds. The smallest absolute Gasteiger partial charge is 0.267 e. The lowest BCUT2D eigenvalue weighted by molar-refractivity contribution is -0.123. The topological polar surface area (TPSA) is 85.2 Å². The fourth-order valence-corrected chi connectivity index (χ4v) is 5.83. The molecule has 1 N–H and O–H groups in total. The number of carbonyl (C=O) groups is 1. The van der Waals surface area contributed by atoms with Crippen LogP contribution in [0.3, 0.4) is 0 Å². The number of ether oxygens (including phenoxy) is 2. The number of pyridine rings is 1. The zero-order valence-electron chi connectivity index (χ0n) is 20.3. The molecule has 0 aliphatic carbocycles. The Morgan fingerprint density at radius 1 is 1.08 bits per heavy atom. The normalized spacial score (nSPS) is 16.4. The molecule has 2 aromatic carbocycles. The summed E-state index contributed by atoms with van der Waals surface area (Å²) in [5.41, 5.74) is 2.39. The number of thiocarbonyl (C=S) groups is 1. The van der Waals surface area contributed by atoms with E-state index in [9.17, 15) is 9.59 Å². The summed E-state index contributed by atoms with van der Waals surface area (Å²) in [5.74, 6) is 1.51. The number of benzene rings is 2. The van der Waals surface area contributed by atoms with Crippen molar-refractivity contribution < 1.29 is 14.3 Å². The molecule has 10 heteroatoms. The van der Waals surface area contributed by atoms with Gasteiger partial charge >= 0.3 is 0 Å². The molecule has 0 radical (unpaired) electrons. The van der Waals surface area contributed by atoms with E-state index in [1.807, 2.05) is 61.5 Å². The number of hydrogen-bond acceptors (Lipinski definition) is 8. The number of carbonyl (C=O) groups excluding carboxylic acids is 1. The zero-order valence-corrected chi connectivity index (χ0v) is 21.9. The van der Waals surface area contributed by atoms with Crippen molar-refractivity contribution in [3.8, 4) is 11.5 Å². The number of nitrogens with one attached hydrogen (secondary N) is 1. The van der Waals surface area contributed by atoms with Crippen LogP contribution in [0.5, 0.6) is 11.5 Å². The van der Waals surface area contributed by atoms with Crippen LogP contribution >= 0.6 is 24.0 Å². The van der Waals surface area contributed by atoms with Crippen molar-refractivity contribution >= 4 is 51.7 Å². The van der Waals surface area contributed by atoms with Gasteiger partial charge in [0.05, 0.1) is 16.5 Å². The highest BCUT2D eigenvalue weighted by molar-refractivity contribution is 8.26. The molecule has 190 valence electrons. The predicted octanol–water partition coefficient (Wildman–Crippen LogP) is 5.00. The minimum Gasteiger partial charge on any atom is -0.454 e. The van der Waals surface area contributed by atoms with Gasteiger partial charge in [-0.05, 0) is 48.4 Å².